The Labute approximate surface area is 160 Å². The molecule has 0 heterocycles. The fraction of sp³-hybridized carbons (Fsp3) is 0.300. The standard InChI is InChI=1S/C20H24N2O4S/c1-14(2)11-12-21-27(25,26)19-9-7-16(8-10-19)20(24)22-18-6-4-5-17(13-18)15(3)23/h4-10,13-14,21H,11-12H2,1-3H3,(H,22,24). The zero-order valence-electron chi connectivity index (χ0n) is 15.7. The lowest BCUT2D eigenvalue weighted by Crippen LogP contribution is -2.25. The highest BCUT2D eigenvalue weighted by molar-refractivity contribution is 7.89. The van der Waals surface area contributed by atoms with Crippen molar-refractivity contribution in [1.82, 2.24) is 4.72 Å². The van der Waals surface area contributed by atoms with Gasteiger partial charge in [0.05, 0.1) is 4.90 Å². The quantitative estimate of drug-likeness (QED) is 0.677. The Kier molecular flexibility index (Phi) is 6.87. The van der Waals surface area contributed by atoms with Crippen LogP contribution in [0.1, 0.15) is 47.9 Å². The Morgan fingerprint density at radius 3 is 2.26 bits per heavy atom. The van der Waals surface area contributed by atoms with E-state index < -0.39 is 10.0 Å². The van der Waals surface area contributed by atoms with E-state index in [1.54, 1.807) is 24.3 Å². The summed E-state index contributed by atoms with van der Waals surface area (Å²) in [5, 5.41) is 2.70. The van der Waals surface area contributed by atoms with E-state index in [9.17, 15) is 18.0 Å². The molecule has 0 aliphatic heterocycles. The predicted octanol–water partition coefficient (Wildman–Crippen LogP) is 3.47. The van der Waals surface area contributed by atoms with Crippen LogP contribution in [0.3, 0.4) is 0 Å². The van der Waals surface area contributed by atoms with Crippen LogP contribution < -0.4 is 10.0 Å². The molecule has 7 heteroatoms. The minimum absolute atomic E-state index is 0.0920. The SMILES string of the molecule is CC(=O)c1cccc(NC(=O)c2ccc(S(=O)(=O)NCCC(C)C)cc2)c1. The number of carbonyl (C=O) groups is 2. The molecule has 0 aromatic heterocycles. The van der Waals surface area contributed by atoms with Crippen LogP contribution in [0.2, 0.25) is 0 Å². The fourth-order valence-corrected chi connectivity index (χ4v) is 3.42. The van der Waals surface area contributed by atoms with E-state index in [0.717, 1.165) is 6.42 Å². The largest absolute Gasteiger partial charge is 0.322 e. The second-order valence-corrected chi connectivity index (χ2v) is 8.46. The summed E-state index contributed by atoms with van der Waals surface area (Å²) in [5.74, 6) is -0.0710. The molecule has 0 atom stereocenters. The maximum Gasteiger partial charge on any atom is 0.255 e. The van der Waals surface area contributed by atoms with Crippen molar-refractivity contribution < 1.29 is 18.0 Å². The Morgan fingerprint density at radius 1 is 1.00 bits per heavy atom. The average molecular weight is 388 g/mol. The molecular formula is C20H24N2O4S. The molecule has 0 unspecified atom stereocenters. The third-order valence-electron chi connectivity index (χ3n) is 3.97. The molecule has 0 saturated heterocycles. The summed E-state index contributed by atoms with van der Waals surface area (Å²) in [7, 11) is -3.59. The summed E-state index contributed by atoms with van der Waals surface area (Å²) in [6.45, 7) is 5.87. The minimum Gasteiger partial charge on any atom is -0.322 e. The summed E-state index contributed by atoms with van der Waals surface area (Å²) >= 11 is 0. The van der Waals surface area contributed by atoms with E-state index in [0.29, 0.717) is 29.3 Å². The van der Waals surface area contributed by atoms with Crippen LogP contribution in [0.5, 0.6) is 0 Å². The topological polar surface area (TPSA) is 92.3 Å². The van der Waals surface area contributed by atoms with Gasteiger partial charge in [0.2, 0.25) is 10.0 Å². The third kappa shape index (κ3) is 6.01. The van der Waals surface area contributed by atoms with Gasteiger partial charge in [-0.15, -0.1) is 0 Å². The van der Waals surface area contributed by atoms with Crippen molar-refractivity contribution in [1.29, 1.82) is 0 Å². The van der Waals surface area contributed by atoms with Crippen LogP contribution >= 0.6 is 0 Å². The van der Waals surface area contributed by atoms with E-state index in [-0.39, 0.29) is 16.6 Å². The Hall–Kier alpha value is -2.51. The first-order valence-electron chi connectivity index (χ1n) is 8.71. The molecule has 0 radical (unpaired) electrons. The van der Waals surface area contributed by atoms with E-state index in [4.69, 9.17) is 0 Å². The van der Waals surface area contributed by atoms with Gasteiger partial charge in [0.1, 0.15) is 0 Å². The summed E-state index contributed by atoms with van der Waals surface area (Å²) < 4.78 is 27.0. The number of amides is 1. The van der Waals surface area contributed by atoms with Gasteiger partial charge in [-0.2, -0.15) is 0 Å². The highest BCUT2D eigenvalue weighted by atomic mass is 32.2. The predicted molar refractivity (Wildman–Crippen MR) is 105 cm³/mol. The molecule has 2 rings (SSSR count). The highest BCUT2D eigenvalue weighted by Gasteiger charge is 2.15. The first-order chi connectivity index (χ1) is 12.7. The van der Waals surface area contributed by atoms with Gasteiger partial charge >= 0.3 is 0 Å². The normalized spacial score (nSPS) is 11.4. The maximum atomic E-state index is 12.3. The lowest BCUT2D eigenvalue weighted by Gasteiger charge is -2.09. The number of hydrogen-bond donors (Lipinski definition) is 2. The summed E-state index contributed by atoms with van der Waals surface area (Å²) in [5.41, 5.74) is 1.32. The van der Waals surface area contributed by atoms with Crippen LogP contribution in [0.15, 0.2) is 53.4 Å². The van der Waals surface area contributed by atoms with Gasteiger partial charge in [0.15, 0.2) is 5.78 Å². The molecule has 2 aromatic rings. The number of hydrogen-bond acceptors (Lipinski definition) is 4. The van der Waals surface area contributed by atoms with Crippen molar-refractivity contribution >= 4 is 27.4 Å². The first-order valence-corrected chi connectivity index (χ1v) is 10.2. The maximum absolute atomic E-state index is 12.3. The Balaban J connectivity index is 2.07. The van der Waals surface area contributed by atoms with Gasteiger partial charge in [0, 0.05) is 23.4 Å². The number of Topliss-reactive ketones (excluding diaryl/α,β-unsaturated/α-hetero) is 1. The molecule has 0 saturated carbocycles. The van der Waals surface area contributed by atoms with Crippen LogP contribution in [0.4, 0.5) is 5.69 Å². The van der Waals surface area contributed by atoms with Crippen molar-refractivity contribution in [2.45, 2.75) is 32.1 Å². The first kappa shape index (κ1) is 20.8. The van der Waals surface area contributed by atoms with E-state index in [1.165, 1.54) is 31.2 Å². The molecule has 1 amide bonds. The number of rotatable bonds is 8. The Morgan fingerprint density at radius 2 is 1.67 bits per heavy atom. The van der Waals surface area contributed by atoms with Crippen LogP contribution in [-0.4, -0.2) is 26.7 Å². The van der Waals surface area contributed by atoms with Gasteiger partial charge in [-0.25, -0.2) is 13.1 Å². The molecule has 0 spiro atoms. The van der Waals surface area contributed by atoms with Gasteiger partial charge in [-0.3, -0.25) is 9.59 Å². The monoisotopic (exact) mass is 388 g/mol. The molecule has 27 heavy (non-hydrogen) atoms. The van der Waals surface area contributed by atoms with Crippen molar-refractivity contribution in [3.8, 4) is 0 Å². The number of ketones is 1. The molecule has 0 fully saturated rings. The zero-order valence-corrected chi connectivity index (χ0v) is 16.5. The zero-order chi connectivity index (χ0) is 20.0. The van der Waals surface area contributed by atoms with Crippen molar-refractivity contribution in [3.05, 3.63) is 59.7 Å². The number of carbonyl (C=O) groups excluding carboxylic acids is 2. The fourth-order valence-electron chi connectivity index (χ4n) is 2.37. The highest BCUT2D eigenvalue weighted by Crippen LogP contribution is 2.15. The number of nitrogens with one attached hydrogen (secondary N) is 2. The van der Waals surface area contributed by atoms with Gasteiger partial charge in [-0.05, 0) is 55.7 Å². The third-order valence-corrected chi connectivity index (χ3v) is 5.44. The number of sulfonamides is 1. The molecule has 0 aliphatic rings. The summed E-state index contributed by atoms with van der Waals surface area (Å²) in [6.07, 6.45) is 0.749. The van der Waals surface area contributed by atoms with Crippen molar-refractivity contribution in [2.75, 3.05) is 11.9 Å². The van der Waals surface area contributed by atoms with Crippen LogP contribution in [-0.2, 0) is 10.0 Å². The molecule has 2 N–H and O–H groups in total. The molecule has 144 valence electrons. The molecule has 0 bridgehead atoms. The smallest absolute Gasteiger partial charge is 0.255 e. The van der Waals surface area contributed by atoms with E-state index in [1.807, 2.05) is 13.8 Å². The van der Waals surface area contributed by atoms with Crippen molar-refractivity contribution in [3.63, 3.8) is 0 Å². The molecular weight excluding hydrogens is 364 g/mol. The minimum atomic E-state index is -3.59. The lowest BCUT2D eigenvalue weighted by atomic mass is 10.1. The van der Waals surface area contributed by atoms with Crippen LogP contribution in [0, 0.1) is 5.92 Å². The second kappa shape index (κ2) is 8.92. The molecule has 2 aromatic carbocycles. The number of benzene rings is 2. The Bertz CT molecular complexity index is 919. The van der Waals surface area contributed by atoms with Crippen LogP contribution in [0.25, 0.3) is 0 Å². The van der Waals surface area contributed by atoms with E-state index >= 15 is 0 Å². The van der Waals surface area contributed by atoms with Gasteiger partial charge in [-0.1, -0.05) is 26.0 Å². The van der Waals surface area contributed by atoms with Gasteiger partial charge in [0.25, 0.3) is 5.91 Å². The van der Waals surface area contributed by atoms with Crippen molar-refractivity contribution in [2.24, 2.45) is 5.92 Å². The van der Waals surface area contributed by atoms with Gasteiger partial charge < -0.3 is 5.32 Å². The summed E-state index contributed by atoms with van der Waals surface area (Å²) in [6, 6.07) is 12.4. The molecule has 0 aliphatic carbocycles. The lowest BCUT2D eigenvalue weighted by molar-refractivity contribution is 0.101. The molecule has 6 nitrogen and oxygen atoms in total. The average Bonchev–Trinajstić information content (AvgIpc) is 2.61. The summed E-state index contributed by atoms with van der Waals surface area (Å²) in [4.78, 5) is 23.9. The second-order valence-electron chi connectivity index (χ2n) is 6.70. The number of anilines is 1. The van der Waals surface area contributed by atoms with E-state index in [2.05, 4.69) is 10.0 Å².